The summed E-state index contributed by atoms with van der Waals surface area (Å²) in [5.74, 6) is -1.47. The van der Waals surface area contributed by atoms with Crippen LogP contribution in [-0.4, -0.2) is 42.3 Å². The number of carbonyl (C=O) groups is 3. The van der Waals surface area contributed by atoms with Crippen LogP contribution < -0.4 is 10.6 Å². The third-order valence-electron chi connectivity index (χ3n) is 2.10. The smallest absolute Gasteiger partial charge is 0.326 e. The quantitative estimate of drug-likeness (QED) is 0.551. The van der Waals surface area contributed by atoms with E-state index in [0.717, 1.165) is 0 Å². The highest BCUT2D eigenvalue weighted by Crippen LogP contribution is 1.96. The molecule has 0 aliphatic rings. The van der Waals surface area contributed by atoms with Gasteiger partial charge < -0.3 is 20.5 Å². The lowest BCUT2D eigenvalue weighted by molar-refractivity contribution is -0.143. The van der Waals surface area contributed by atoms with E-state index in [1.807, 2.05) is 6.92 Å². The number of urea groups is 1. The number of carboxylic acids is 1. The molecule has 104 valence electrons. The molecular formula is C11H20N2O5. The van der Waals surface area contributed by atoms with Gasteiger partial charge in [-0.15, -0.1) is 0 Å². The number of amides is 2. The molecule has 0 rings (SSSR count). The maximum absolute atomic E-state index is 11.3. The van der Waals surface area contributed by atoms with Gasteiger partial charge in [-0.05, 0) is 13.3 Å². The van der Waals surface area contributed by atoms with Crippen LogP contribution in [0, 0.1) is 0 Å². The maximum atomic E-state index is 11.3. The van der Waals surface area contributed by atoms with E-state index in [-0.39, 0.29) is 13.0 Å². The molecule has 0 heterocycles. The van der Waals surface area contributed by atoms with Crippen molar-refractivity contribution in [1.82, 2.24) is 10.6 Å². The zero-order chi connectivity index (χ0) is 14.0. The van der Waals surface area contributed by atoms with Gasteiger partial charge in [-0.3, -0.25) is 4.79 Å². The van der Waals surface area contributed by atoms with Crippen LogP contribution in [0.15, 0.2) is 0 Å². The summed E-state index contributed by atoms with van der Waals surface area (Å²) in [6, 6.07) is -1.50. The van der Waals surface area contributed by atoms with E-state index in [0.29, 0.717) is 19.4 Å². The highest BCUT2D eigenvalue weighted by molar-refractivity contribution is 5.82. The van der Waals surface area contributed by atoms with Gasteiger partial charge in [0.05, 0.1) is 13.0 Å². The van der Waals surface area contributed by atoms with Crippen LogP contribution in [0.1, 0.15) is 33.1 Å². The number of hydrogen-bond acceptors (Lipinski definition) is 4. The summed E-state index contributed by atoms with van der Waals surface area (Å²) >= 11 is 0. The first-order valence-electron chi connectivity index (χ1n) is 5.94. The monoisotopic (exact) mass is 260 g/mol. The number of nitrogens with one attached hydrogen (secondary N) is 2. The van der Waals surface area contributed by atoms with Crippen molar-refractivity contribution in [3.05, 3.63) is 0 Å². The molecule has 0 aliphatic heterocycles. The van der Waals surface area contributed by atoms with Crippen LogP contribution in [0.4, 0.5) is 4.79 Å². The lowest BCUT2D eigenvalue weighted by atomic mass is 10.2. The number of carbonyl (C=O) groups excluding carboxylic acids is 2. The minimum absolute atomic E-state index is 0.0623. The third-order valence-corrected chi connectivity index (χ3v) is 2.10. The second-order valence-electron chi connectivity index (χ2n) is 3.63. The van der Waals surface area contributed by atoms with Gasteiger partial charge in [0.25, 0.3) is 0 Å². The van der Waals surface area contributed by atoms with Gasteiger partial charge >= 0.3 is 18.0 Å². The summed E-state index contributed by atoms with van der Waals surface area (Å²) in [7, 11) is 0. The van der Waals surface area contributed by atoms with Gasteiger partial charge in [-0.1, -0.05) is 13.3 Å². The molecule has 18 heavy (non-hydrogen) atoms. The lowest BCUT2D eigenvalue weighted by Crippen LogP contribution is -2.46. The number of esters is 1. The topological polar surface area (TPSA) is 105 Å². The minimum Gasteiger partial charge on any atom is -0.480 e. The molecule has 0 aromatic heterocycles. The Morgan fingerprint density at radius 3 is 2.44 bits per heavy atom. The molecule has 0 radical (unpaired) electrons. The lowest BCUT2D eigenvalue weighted by Gasteiger charge is -2.14. The Hall–Kier alpha value is -1.79. The Kier molecular flexibility index (Phi) is 8.34. The molecule has 0 saturated heterocycles. The number of hydrogen-bond donors (Lipinski definition) is 3. The fourth-order valence-corrected chi connectivity index (χ4v) is 1.27. The highest BCUT2D eigenvalue weighted by atomic mass is 16.5. The Balaban J connectivity index is 3.88. The standard InChI is InChI=1S/C11H20N2O5/c1-3-5-8(10(15)16)13-11(17)12-7-6-9(14)18-4-2/h8H,3-7H2,1-2H3,(H,15,16)(H2,12,13,17)/t8-/m0/s1. The largest absolute Gasteiger partial charge is 0.480 e. The van der Waals surface area contributed by atoms with E-state index in [1.165, 1.54) is 0 Å². The first kappa shape index (κ1) is 16.2. The van der Waals surface area contributed by atoms with E-state index in [2.05, 4.69) is 15.4 Å². The van der Waals surface area contributed by atoms with Crippen molar-refractivity contribution in [1.29, 1.82) is 0 Å². The Morgan fingerprint density at radius 1 is 1.28 bits per heavy atom. The fraction of sp³-hybridized carbons (Fsp3) is 0.727. The Morgan fingerprint density at radius 2 is 1.94 bits per heavy atom. The molecule has 3 N–H and O–H groups in total. The molecule has 0 aliphatic carbocycles. The van der Waals surface area contributed by atoms with Crippen molar-refractivity contribution in [2.24, 2.45) is 0 Å². The van der Waals surface area contributed by atoms with Gasteiger partial charge in [0, 0.05) is 6.54 Å². The molecule has 7 nitrogen and oxygen atoms in total. The van der Waals surface area contributed by atoms with Crippen LogP contribution in [0.3, 0.4) is 0 Å². The van der Waals surface area contributed by atoms with Crippen molar-refractivity contribution in [3.8, 4) is 0 Å². The molecule has 0 spiro atoms. The molecule has 0 aromatic rings. The first-order valence-corrected chi connectivity index (χ1v) is 5.94. The summed E-state index contributed by atoms with van der Waals surface area (Å²) in [6.45, 7) is 3.93. The van der Waals surface area contributed by atoms with E-state index < -0.39 is 24.0 Å². The van der Waals surface area contributed by atoms with Crippen LogP contribution in [0.2, 0.25) is 0 Å². The molecule has 2 amide bonds. The van der Waals surface area contributed by atoms with E-state index in [4.69, 9.17) is 5.11 Å². The third kappa shape index (κ3) is 7.48. The molecule has 0 unspecified atom stereocenters. The number of carboxylic acid groups (broad SMARTS) is 1. The first-order chi connectivity index (χ1) is 8.51. The second kappa shape index (κ2) is 9.26. The summed E-state index contributed by atoms with van der Waals surface area (Å²) in [5.41, 5.74) is 0. The Labute approximate surface area is 106 Å². The van der Waals surface area contributed by atoms with E-state index in [1.54, 1.807) is 6.92 Å². The summed E-state index contributed by atoms with van der Waals surface area (Å²) < 4.78 is 4.68. The van der Waals surface area contributed by atoms with Gasteiger partial charge in [0.2, 0.25) is 0 Å². The van der Waals surface area contributed by atoms with Crippen molar-refractivity contribution in [3.63, 3.8) is 0 Å². The van der Waals surface area contributed by atoms with Crippen LogP contribution in [0.25, 0.3) is 0 Å². The van der Waals surface area contributed by atoms with Crippen molar-refractivity contribution >= 4 is 18.0 Å². The molecular weight excluding hydrogens is 240 g/mol. The number of ether oxygens (including phenoxy) is 1. The van der Waals surface area contributed by atoms with Crippen LogP contribution in [0.5, 0.6) is 0 Å². The summed E-state index contributed by atoms with van der Waals surface area (Å²) in [6.07, 6.45) is 1.08. The predicted octanol–water partition coefficient (Wildman–Crippen LogP) is 0.492. The van der Waals surface area contributed by atoms with Gasteiger partial charge in [-0.2, -0.15) is 0 Å². The second-order valence-corrected chi connectivity index (χ2v) is 3.63. The normalized spacial score (nSPS) is 11.4. The molecule has 7 heteroatoms. The van der Waals surface area contributed by atoms with Crippen molar-refractivity contribution in [2.45, 2.75) is 39.2 Å². The van der Waals surface area contributed by atoms with Gasteiger partial charge in [-0.25, -0.2) is 9.59 Å². The SMILES string of the molecule is CCC[C@H](NC(=O)NCCC(=O)OCC)C(=O)O. The van der Waals surface area contributed by atoms with E-state index >= 15 is 0 Å². The fourth-order valence-electron chi connectivity index (χ4n) is 1.27. The Bertz CT molecular complexity index is 293. The minimum atomic E-state index is -1.07. The molecule has 0 bridgehead atoms. The van der Waals surface area contributed by atoms with Crippen LogP contribution >= 0.6 is 0 Å². The van der Waals surface area contributed by atoms with Gasteiger partial charge in [0.15, 0.2) is 0 Å². The number of rotatable bonds is 8. The molecule has 0 aromatic carbocycles. The zero-order valence-electron chi connectivity index (χ0n) is 10.7. The molecule has 1 atom stereocenters. The van der Waals surface area contributed by atoms with Crippen molar-refractivity contribution < 1.29 is 24.2 Å². The summed E-state index contributed by atoms with van der Waals surface area (Å²) in [5, 5.41) is 13.5. The van der Waals surface area contributed by atoms with Crippen molar-refractivity contribution in [2.75, 3.05) is 13.2 Å². The summed E-state index contributed by atoms with van der Waals surface area (Å²) in [4.78, 5) is 33.1. The van der Waals surface area contributed by atoms with Gasteiger partial charge in [0.1, 0.15) is 6.04 Å². The van der Waals surface area contributed by atoms with E-state index in [9.17, 15) is 14.4 Å². The zero-order valence-corrected chi connectivity index (χ0v) is 10.7. The average molecular weight is 260 g/mol. The predicted molar refractivity (Wildman–Crippen MR) is 64.1 cm³/mol. The highest BCUT2D eigenvalue weighted by Gasteiger charge is 2.18. The van der Waals surface area contributed by atoms with Crippen LogP contribution in [-0.2, 0) is 14.3 Å². The maximum Gasteiger partial charge on any atom is 0.326 e. The number of aliphatic carboxylic acids is 1. The molecule has 0 fully saturated rings. The molecule has 0 saturated carbocycles. The average Bonchev–Trinajstić information content (AvgIpc) is 2.28.